The van der Waals surface area contributed by atoms with Gasteiger partial charge in [0.1, 0.15) is 0 Å². The molecule has 4 nitrogen and oxygen atoms in total. The van der Waals surface area contributed by atoms with E-state index in [1.807, 2.05) is 22.7 Å². The van der Waals surface area contributed by atoms with Crippen LogP contribution in [0.25, 0.3) is 134 Å². The first-order valence-electron chi connectivity index (χ1n) is 21.2. The minimum Gasteiger partial charge on any atom is -0.308 e. The molecule has 0 radical (unpaired) electrons. The third-order valence-corrected chi connectivity index (χ3v) is 15.0. The van der Waals surface area contributed by atoms with Gasteiger partial charge in [-0.1, -0.05) is 127 Å². The first kappa shape index (κ1) is 34.9. The van der Waals surface area contributed by atoms with E-state index in [0.717, 1.165) is 38.8 Å². The highest BCUT2D eigenvalue weighted by Crippen LogP contribution is 2.45. The van der Waals surface area contributed by atoms with E-state index in [-0.39, 0.29) is 0 Å². The Kier molecular flexibility index (Phi) is 7.40. The van der Waals surface area contributed by atoms with Crippen molar-refractivity contribution in [3.8, 4) is 39.9 Å². The maximum Gasteiger partial charge on any atom is 0.166 e. The van der Waals surface area contributed by atoms with Crippen LogP contribution in [0.1, 0.15) is 0 Å². The molecule has 14 aromatic rings. The first-order chi connectivity index (χ1) is 31.2. The maximum atomic E-state index is 5.50. The Morgan fingerprint density at radius 2 is 0.905 bits per heavy atom. The van der Waals surface area contributed by atoms with Gasteiger partial charge in [0.2, 0.25) is 0 Å². The molecule has 0 saturated heterocycles. The maximum absolute atomic E-state index is 5.50. The zero-order chi connectivity index (χ0) is 41.2. The van der Waals surface area contributed by atoms with Gasteiger partial charge in [-0.2, -0.15) is 0 Å². The summed E-state index contributed by atoms with van der Waals surface area (Å²) in [4.78, 5) is 16.3. The molecule has 0 fully saturated rings. The summed E-state index contributed by atoms with van der Waals surface area (Å²) >= 11 is 3.65. The summed E-state index contributed by atoms with van der Waals surface area (Å²) in [6.45, 7) is 0. The monoisotopic (exact) mass is 836 g/mol. The molecule has 4 aromatic heterocycles. The number of nitrogens with zero attached hydrogens (tertiary/aromatic N) is 4. The molecule has 0 amide bonds. The van der Waals surface area contributed by atoms with Crippen LogP contribution in [0.15, 0.2) is 194 Å². The van der Waals surface area contributed by atoms with Crippen LogP contribution in [0.3, 0.4) is 0 Å². The number of benzene rings is 10. The van der Waals surface area contributed by atoms with Gasteiger partial charge in [-0.05, 0) is 99.0 Å². The molecule has 0 N–H and O–H groups in total. The summed E-state index contributed by atoms with van der Waals surface area (Å²) in [5.74, 6) is 1.91. The summed E-state index contributed by atoms with van der Waals surface area (Å²) in [5, 5.41) is 14.6. The summed E-state index contributed by atoms with van der Waals surface area (Å²) in [6.07, 6.45) is 0. The average Bonchev–Trinajstić information content (AvgIpc) is 4.01. The van der Waals surface area contributed by atoms with E-state index in [9.17, 15) is 0 Å². The van der Waals surface area contributed by atoms with E-state index in [2.05, 4.69) is 199 Å². The van der Waals surface area contributed by atoms with Gasteiger partial charge in [0.05, 0.1) is 16.7 Å². The van der Waals surface area contributed by atoms with Crippen molar-refractivity contribution in [3.05, 3.63) is 194 Å². The molecule has 292 valence electrons. The molecule has 0 unspecified atom stereocenters. The van der Waals surface area contributed by atoms with Gasteiger partial charge in [-0.25, -0.2) is 15.0 Å². The summed E-state index contributed by atoms with van der Waals surface area (Å²) < 4.78 is 7.40. The third kappa shape index (κ3) is 5.35. The van der Waals surface area contributed by atoms with Gasteiger partial charge in [-0.3, -0.25) is 0 Å². The van der Waals surface area contributed by atoms with Crippen LogP contribution in [0, 0.1) is 0 Å². The van der Waals surface area contributed by atoms with E-state index in [0.29, 0.717) is 17.5 Å². The summed E-state index contributed by atoms with van der Waals surface area (Å²) in [5.41, 5.74) is 6.14. The first-order valence-corrected chi connectivity index (χ1v) is 22.8. The van der Waals surface area contributed by atoms with Crippen molar-refractivity contribution in [3.63, 3.8) is 0 Å². The number of hydrogen-bond acceptors (Lipinski definition) is 5. The highest BCUT2D eigenvalue weighted by Gasteiger charge is 2.23. The third-order valence-electron chi connectivity index (χ3n) is 12.8. The Morgan fingerprint density at radius 3 is 1.75 bits per heavy atom. The van der Waals surface area contributed by atoms with Crippen molar-refractivity contribution < 1.29 is 0 Å². The Labute approximate surface area is 368 Å². The smallest absolute Gasteiger partial charge is 0.166 e. The Hall–Kier alpha value is -7.77. The molecule has 63 heavy (non-hydrogen) atoms. The number of thiophene rings is 2. The normalized spacial score (nSPS) is 12.1. The molecule has 6 heteroatoms. The fourth-order valence-corrected chi connectivity index (χ4v) is 12.0. The predicted octanol–water partition coefficient (Wildman–Crippen LogP) is 16.2. The quantitative estimate of drug-likeness (QED) is 0.177. The molecule has 0 aliphatic heterocycles. The van der Waals surface area contributed by atoms with E-state index < -0.39 is 0 Å². The number of aromatic nitrogens is 4. The van der Waals surface area contributed by atoms with Crippen LogP contribution in [0.5, 0.6) is 0 Å². The van der Waals surface area contributed by atoms with Crippen molar-refractivity contribution in [2.75, 3.05) is 0 Å². The Balaban J connectivity index is 1.11. The molecular formula is C57H32N4S2. The van der Waals surface area contributed by atoms with Gasteiger partial charge < -0.3 is 4.57 Å². The number of rotatable bonds is 4. The second kappa shape index (κ2) is 13.4. The lowest BCUT2D eigenvalue weighted by Gasteiger charge is -2.16. The topological polar surface area (TPSA) is 43.6 Å². The SMILES string of the molecule is c1ccc2cc(-c3nc(-c4ccc5sc6ccccc6c5c4)nc(-c4cc5sc6ccc7ccccc7c6c5cc4-n4c5ccccc5c5cc6ccccc6cc54)n3)ccc2c1. The fourth-order valence-electron chi connectivity index (χ4n) is 9.81. The lowest BCUT2D eigenvalue weighted by Crippen LogP contribution is -2.04. The lowest BCUT2D eigenvalue weighted by atomic mass is 10.0. The van der Waals surface area contributed by atoms with Crippen LogP contribution in [0.4, 0.5) is 0 Å². The van der Waals surface area contributed by atoms with Crippen LogP contribution in [-0.4, -0.2) is 19.5 Å². The summed E-state index contributed by atoms with van der Waals surface area (Å²) in [6, 6.07) is 70.4. The van der Waals surface area contributed by atoms with Crippen LogP contribution in [0.2, 0.25) is 0 Å². The van der Waals surface area contributed by atoms with E-state index in [1.54, 1.807) is 0 Å². The van der Waals surface area contributed by atoms with Gasteiger partial charge in [0.25, 0.3) is 0 Å². The fraction of sp³-hybridized carbons (Fsp3) is 0. The molecule has 14 rings (SSSR count). The van der Waals surface area contributed by atoms with Gasteiger partial charge in [0, 0.05) is 67.8 Å². The van der Waals surface area contributed by atoms with Crippen molar-refractivity contribution in [2.24, 2.45) is 0 Å². The summed E-state index contributed by atoms with van der Waals surface area (Å²) in [7, 11) is 0. The minimum absolute atomic E-state index is 0.629. The average molecular weight is 837 g/mol. The minimum atomic E-state index is 0.629. The highest BCUT2D eigenvalue weighted by atomic mass is 32.1. The zero-order valence-electron chi connectivity index (χ0n) is 33.6. The van der Waals surface area contributed by atoms with Crippen LogP contribution < -0.4 is 0 Å². The van der Waals surface area contributed by atoms with Crippen molar-refractivity contribution in [2.45, 2.75) is 0 Å². The number of fused-ring (bicyclic) bond motifs is 13. The zero-order valence-corrected chi connectivity index (χ0v) is 35.2. The Bertz CT molecular complexity index is 4230. The van der Waals surface area contributed by atoms with E-state index in [4.69, 9.17) is 15.0 Å². The van der Waals surface area contributed by atoms with Gasteiger partial charge >= 0.3 is 0 Å². The predicted molar refractivity (Wildman–Crippen MR) is 269 cm³/mol. The van der Waals surface area contributed by atoms with Crippen LogP contribution >= 0.6 is 22.7 Å². The second-order valence-corrected chi connectivity index (χ2v) is 18.5. The van der Waals surface area contributed by atoms with Crippen molar-refractivity contribution in [1.29, 1.82) is 0 Å². The molecule has 0 spiro atoms. The molecule has 10 aromatic carbocycles. The molecule has 0 aliphatic rings. The van der Waals surface area contributed by atoms with Crippen LogP contribution in [-0.2, 0) is 0 Å². The van der Waals surface area contributed by atoms with Gasteiger partial charge in [-0.15, -0.1) is 22.7 Å². The van der Waals surface area contributed by atoms with Crippen molar-refractivity contribution >= 4 is 117 Å². The lowest BCUT2D eigenvalue weighted by molar-refractivity contribution is 1.07. The highest BCUT2D eigenvalue weighted by molar-refractivity contribution is 7.26. The Morgan fingerprint density at radius 1 is 0.317 bits per heavy atom. The molecule has 4 heterocycles. The standard InChI is InChI=1S/C57H32N4S2/c1-2-13-35-27-38(22-21-33(35)11-1)55-58-56(39-24-25-51-44(29-39)42-18-8-10-20-50(42)62-51)60-57(59-55)45-32-53-46(54-40-16-6-5-12-34(40)23-26-52(54)63-53)31-49(45)61-47-19-9-7-17-41(47)43-28-36-14-3-4-15-37(36)30-48(43)61/h1-32H. The number of para-hydroxylation sites is 1. The van der Waals surface area contributed by atoms with Crippen molar-refractivity contribution in [1.82, 2.24) is 19.5 Å². The molecule has 0 aliphatic carbocycles. The van der Waals surface area contributed by atoms with E-state index in [1.165, 1.54) is 78.0 Å². The molecule has 0 bridgehead atoms. The van der Waals surface area contributed by atoms with Gasteiger partial charge in [0.15, 0.2) is 17.5 Å². The van der Waals surface area contributed by atoms with E-state index >= 15 is 0 Å². The molecule has 0 atom stereocenters. The largest absolute Gasteiger partial charge is 0.308 e. The molecule has 0 saturated carbocycles. The second-order valence-electron chi connectivity index (χ2n) is 16.4. The molecular weight excluding hydrogens is 805 g/mol. The number of hydrogen-bond donors (Lipinski definition) is 0.